The van der Waals surface area contributed by atoms with E-state index in [4.69, 9.17) is 4.42 Å². The van der Waals surface area contributed by atoms with Crippen LogP contribution in [-0.4, -0.2) is 0 Å². The van der Waals surface area contributed by atoms with Crippen LogP contribution in [0.15, 0.2) is 22.6 Å². The minimum absolute atomic E-state index is 0.794. The smallest absolute Gasteiger partial charge is 0.117 e. The molecular weight excluding hydrogens is 218 g/mol. The van der Waals surface area contributed by atoms with Gasteiger partial charge < -0.3 is 9.73 Å². The van der Waals surface area contributed by atoms with Crippen molar-refractivity contribution in [1.82, 2.24) is 5.32 Å². The zero-order valence-corrected chi connectivity index (χ0v) is 10.8. The van der Waals surface area contributed by atoms with Crippen molar-refractivity contribution in [3.63, 3.8) is 0 Å². The lowest BCUT2D eigenvalue weighted by Crippen LogP contribution is -2.12. The van der Waals surface area contributed by atoms with Crippen molar-refractivity contribution >= 4 is 11.3 Å². The topological polar surface area (TPSA) is 25.2 Å². The molecule has 0 atom stereocenters. The molecule has 2 aromatic heterocycles. The molecule has 0 amide bonds. The van der Waals surface area contributed by atoms with E-state index in [-0.39, 0.29) is 0 Å². The van der Waals surface area contributed by atoms with Gasteiger partial charge in [-0.05, 0) is 44.5 Å². The van der Waals surface area contributed by atoms with Crippen LogP contribution in [0.1, 0.15) is 26.8 Å². The second-order valence-electron chi connectivity index (χ2n) is 4.05. The van der Waals surface area contributed by atoms with Crippen LogP contribution in [0, 0.1) is 20.8 Å². The molecule has 0 radical (unpaired) electrons. The summed E-state index contributed by atoms with van der Waals surface area (Å²) in [5, 5.41) is 3.40. The van der Waals surface area contributed by atoms with Gasteiger partial charge >= 0.3 is 0 Å². The Hall–Kier alpha value is -1.06. The highest BCUT2D eigenvalue weighted by Gasteiger charge is 2.03. The maximum atomic E-state index is 5.50. The molecule has 16 heavy (non-hydrogen) atoms. The quantitative estimate of drug-likeness (QED) is 0.876. The van der Waals surface area contributed by atoms with E-state index in [1.54, 1.807) is 0 Å². The summed E-state index contributed by atoms with van der Waals surface area (Å²) in [5.74, 6) is 1.97. The molecule has 86 valence electrons. The number of nitrogens with one attached hydrogen (secondary N) is 1. The van der Waals surface area contributed by atoms with Gasteiger partial charge in [0.1, 0.15) is 11.5 Å². The fraction of sp³-hybridized carbons (Fsp3) is 0.385. The van der Waals surface area contributed by atoms with E-state index in [2.05, 4.69) is 25.2 Å². The highest BCUT2D eigenvalue weighted by atomic mass is 32.1. The fourth-order valence-electron chi connectivity index (χ4n) is 1.76. The normalized spacial score (nSPS) is 10.9. The summed E-state index contributed by atoms with van der Waals surface area (Å²) in [7, 11) is 0. The van der Waals surface area contributed by atoms with Crippen molar-refractivity contribution in [3.8, 4) is 0 Å². The van der Waals surface area contributed by atoms with Crippen molar-refractivity contribution < 1.29 is 4.42 Å². The van der Waals surface area contributed by atoms with Crippen LogP contribution in [0.25, 0.3) is 0 Å². The van der Waals surface area contributed by atoms with Crippen molar-refractivity contribution in [3.05, 3.63) is 45.0 Å². The standard InChI is InChI=1S/C13H17NOS/c1-9-4-5-13(15-9)8-14-7-12-6-10(2)16-11(12)3/h4-6,14H,7-8H2,1-3H3. The van der Waals surface area contributed by atoms with E-state index in [1.807, 2.05) is 30.4 Å². The van der Waals surface area contributed by atoms with Gasteiger partial charge in [-0.1, -0.05) is 0 Å². The van der Waals surface area contributed by atoms with Gasteiger partial charge in [-0.2, -0.15) is 0 Å². The number of aryl methyl sites for hydroxylation is 3. The van der Waals surface area contributed by atoms with Gasteiger partial charge in [0.25, 0.3) is 0 Å². The highest BCUT2D eigenvalue weighted by molar-refractivity contribution is 7.12. The molecule has 0 aliphatic carbocycles. The molecule has 0 spiro atoms. The van der Waals surface area contributed by atoms with Crippen LogP contribution in [0.2, 0.25) is 0 Å². The van der Waals surface area contributed by atoms with Crippen LogP contribution in [0.3, 0.4) is 0 Å². The summed E-state index contributed by atoms with van der Waals surface area (Å²) < 4.78 is 5.50. The molecule has 1 N–H and O–H groups in total. The van der Waals surface area contributed by atoms with E-state index in [0.717, 1.165) is 24.6 Å². The molecular formula is C13H17NOS. The Labute approximate surface area is 100 Å². The van der Waals surface area contributed by atoms with Gasteiger partial charge in [0.05, 0.1) is 6.54 Å². The number of rotatable bonds is 4. The van der Waals surface area contributed by atoms with Gasteiger partial charge in [0.2, 0.25) is 0 Å². The first-order valence-electron chi connectivity index (χ1n) is 5.47. The molecule has 2 aromatic rings. The summed E-state index contributed by atoms with van der Waals surface area (Å²) in [5.41, 5.74) is 1.39. The van der Waals surface area contributed by atoms with E-state index >= 15 is 0 Å². The first-order valence-corrected chi connectivity index (χ1v) is 6.29. The molecule has 0 saturated heterocycles. The van der Waals surface area contributed by atoms with Crippen LogP contribution in [-0.2, 0) is 13.1 Å². The predicted octanol–water partition coefficient (Wildman–Crippen LogP) is 3.56. The van der Waals surface area contributed by atoms with Crippen molar-refractivity contribution in [1.29, 1.82) is 0 Å². The first kappa shape index (κ1) is 11.4. The van der Waals surface area contributed by atoms with Gasteiger partial charge in [-0.15, -0.1) is 11.3 Å². The average molecular weight is 235 g/mol. The zero-order valence-electron chi connectivity index (χ0n) is 9.96. The van der Waals surface area contributed by atoms with E-state index in [9.17, 15) is 0 Å². The Balaban J connectivity index is 1.86. The summed E-state index contributed by atoms with van der Waals surface area (Å²) in [6.45, 7) is 8.00. The Morgan fingerprint density at radius 2 is 2.00 bits per heavy atom. The average Bonchev–Trinajstić information content (AvgIpc) is 2.74. The molecule has 2 nitrogen and oxygen atoms in total. The van der Waals surface area contributed by atoms with Crippen molar-refractivity contribution in [2.75, 3.05) is 0 Å². The van der Waals surface area contributed by atoms with Gasteiger partial charge in [-0.3, -0.25) is 0 Å². The lowest BCUT2D eigenvalue weighted by atomic mass is 10.2. The Kier molecular flexibility index (Phi) is 3.46. The van der Waals surface area contributed by atoms with Gasteiger partial charge in [0, 0.05) is 16.3 Å². The maximum Gasteiger partial charge on any atom is 0.117 e. The molecule has 0 aliphatic heterocycles. The minimum Gasteiger partial charge on any atom is -0.465 e. The summed E-state index contributed by atoms with van der Waals surface area (Å²) in [4.78, 5) is 2.78. The predicted molar refractivity (Wildman–Crippen MR) is 67.8 cm³/mol. The molecule has 0 unspecified atom stereocenters. The molecule has 0 aliphatic rings. The SMILES string of the molecule is Cc1ccc(CNCc2cc(C)sc2C)o1. The lowest BCUT2D eigenvalue weighted by Gasteiger charge is -2.01. The number of hydrogen-bond donors (Lipinski definition) is 1. The molecule has 0 bridgehead atoms. The first-order chi connectivity index (χ1) is 7.65. The molecule has 2 rings (SSSR count). The minimum atomic E-state index is 0.794. The van der Waals surface area contributed by atoms with Crippen molar-refractivity contribution in [2.45, 2.75) is 33.9 Å². The Morgan fingerprint density at radius 3 is 2.56 bits per heavy atom. The summed E-state index contributed by atoms with van der Waals surface area (Å²) in [6.07, 6.45) is 0. The maximum absolute atomic E-state index is 5.50. The second-order valence-corrected chi connectivity index (χ2v) is 5.51. The number of hydrogen-bond acceptors (Lipinski definition) is 3. The molecule has 0 fully saturated rings. The third-order valence-corrected chi connectivity index (χ3v) is 3.56. The van der Waals surface area contributed by atoms with Gasteiger partial charge in [-0.25, -0.2) is 0 Å². The highest BCUT2D eigenvalue weighted by Crippen LogP contribution is 2.20. The molecule has 0 saturated carbocycles. The largest absolute Gasteiger partial charge is 0.465 e. The second kappa shape index (κ2) is 4.85. The van der Waals surface area contributed by atoms with Crippen LogP contribution in [0.5, 0.6) is 0 Å². The third kappa shape index (κ3) is 2.74. The van der Waals surface area contributed by atoms with Gasteiger partial charge in [0.15, 0.2) is 0 Å². The fourth-order valence-corrected chi connectivity index (χ4v) is 2.71. The molecule has 0 aromatic carbocycles. The van der Waals surface area contributed by atoms with Crippen LogP contribution < -0.4 is 5.32 Å². The number of thiophene rings is 1. The molecule has 3 heteroatoms. The van der Waals surface area contributed by atoms with E-state index in [0.29, 0.717) is 0 Å². The summed E-state index contributed by atoms with van der Waals surface area (Å²) >= 11 is 1.86. The van der Waals surface area contributed by atoms with E-state index < -0.39 is 0 Å². The number of furan rings is 1. The summed E-state index contributed by atoms with van der Waals surface area (Å²) in [6, 6.07) is 6.27. The van der Waals surface area contributed by atoms with Crippen molar-refractivity contribution in [2.24, 2.45) is 0 Å². The monoisotopic (exact) mass is 235 g/mol. The molecule has 2 heterocycles. The van der Waals surface area contributed by atoms with E-state index in [1.165, 1.54) is 15.3 Å². The van der Waals surface area contributed by atoms with Crippen LogP contribution in [0.4, 0.5) is 0 Å². The van der Waals surface area contributed by atoms with Crippen LogP contribution >= 0.6 is 11.3 Å². The Morgan fingerprint density at radius 1 is 1.19 bits per heavy atom. The lowest BCUT2D eigenvalue weighted by molar-refractivity contribution is 0.461. The third-order valence-electron chi connectivity index (χ3n) is 2.55. The Bertz CT molecular complexity index is 470. The zero-order chi connectivity index (χ0) is 11.5.